The van der Waals surface area contributed by atoms with Gasteiger partial charge in [0.05, 0.1) is 0 Å². The van der Waals surface area contributed by atoms with Gasteiger partial charge in [0, 0.05) is 26.7 Å². The molecule has 1 unspecified atom stereocenters. The Balaban J connectivity index is 1.49. The molecule has 1 aliphatic carbocycles. The van der Waals surface area contributed by atoms with E-state index in [1.165, 1.54) is 91.2 Å². The van der Waals surface area contributed by atoms with Gasteiger partial charge in [0.2, 0.25) is 0 Å². The number of para-hydroxylation sites is 2. The average Bonchev–Trinajstić information content (AvgIpc) is 3.12. The van der Waals surface area contributed by atoms with Crippen molar-refractivity contribution in [2.24, 2.45) is 5.41 Å². The number of hydrogen-bond acceptors (Lipinski definition) is 1. The molecule has 3 heteroatoms. The second-order valence-corrected chi connectivity index (χ2v) is 17.6. The molecular formula is C38H40BNS. The van der Waals surface area contributed by atoms with Crippen LogP contribution >= 0.6 is 10.0 Å². The third kappa shape index (κ3) is 3.27. The van der Waals surface area contributed by atoms with Crippen LogP contribution in [-0.4, -0.2) is 19.4 Å². The van der Waals surface area contributed by atoms with Gasteiger partial charge in [-0.05, 0) is 100 Å². The van der Waals surface area contributed by atoms with Gasteiger partial charge < -0.3 is 4.81 Å². The van der Waals surface area contributed by atoms with Crippen LogP contribution in [0.15, 0.2) is 82.6 Å². The van der Waals surface area contributed by atoms with E-state index in [0.29, 0.717) is 0 Å². The second-order valence-electron chi connectivity index (χ2n) is 14.1. The SMILES string of the molecule is Cc1cc2c3c(c1)-c1cccc4c1N(B3c1cccc(C3(C)CCCCC3(C)C)c1C=C2)c1ccccc1S4(C)C. The van der Waals surface area contributed by atoms with E-state index >= 15 is 0 Å². The van der Waals surface area contributed by atoms with Crippen LogP contribution < -0.4 is 15.7 Å². The number of benzene rings is 4. The number of anilines is 2. The Labute approximate surface area is 248 Å². The van der Waals surface area contributed by atoms with Crippen LogP contribution in [0.4, 0.5) is 11.4 Å². The minimum atomic E-state index is -1.16. The van der Waals surface area contributed by atoms with Crippen LogP contribution in [0.1, 0.15) is 68.7 Å². The molecule has 206 valence electrons. The number of hydrogen-bond donors (Lipinski definition) is 0. The van der Waals surface area contributed by atoms with E-state index in [9.17, 15) is 0 Å². The first-order valence-electron chi connectivity index (χ1n) is 15.3. The van der Waals surface area contributed by atoms with Crippen LogP contribution in [0.3, 0.4) is 0 Å². The molecule has 0 radical (unpaired) electrons. The summed E-state index contributed by atoms with van der Waals surface area (Å²) in [6.45, 7) is 9.97. The fourth-order valence-corrected chi connectivity index (χ4v) is 11.2. The van der Waals surface area contributed by atoms with Crippen molar-refractivity contribution in [3.8, 4) is 11.1 Å². The molecule has 4 aromatic rings. The summed E-state index contributed by atoms with van der Waals surface area (Å²) in [5.74, 6) is 0. The van der Waals surface area contributed by atoms with E-state index < -0.39 is 10.0 Å². The fraction of sp³-hybridized carbons (Fsp3) is 0.316. The molecule has 3 heterocycles. The fourth-order valence-electron chi connectivity index (χ4n) is 8.73. The Kier molecular flexibility index (Phi) is 5.26. The van der Waals surface area contributed by atoms with Crippen molar-refractivity contribution < 1.29 is 0 Å². The molecule has 0 aromatic heterocycles. The Morgan fingerprint density at radius 3 is 2.37 bits per heavy atom. The summed E-state index contributed by atoms with van der Waals surface area (Å²) in [6.07, 6.45) is 15.1. The van der Waals surface area contributed by atoms with E-state index in [1.807, 2.05) is 0 Å². The number of fused-ring (bicyclic) bond motifs is 6. The molecule has 1 nitrogen and oxygen atoms in total. The van der Waals surface area contributed by atoms with Crippen molar-refractivity contribution in [2.75, 3.05) is 17.3 Å². The van der Waals surface area contributed by atoms with E-state index in [1.54, 1.807) is 0 Å². The topological polar surface area (TPSA) is 3.24 Å². The Morgan fingerprint density at radius 2 is 1.54 bits per heavy atom. The Morgan fingerprint density at radius 1 is 0.780 bits per heavy atom. The van der Waals surface area contributed by atoms with Crippen LogP contribution in [0.5, 0.6) is 0 Å². The zero-order valence-electron chi connectivity index (χ0n) is 25.3. The molecule has 3 aliphatic heterocycles. The van der Waals surface area contributed by atoms with Crippen molar-refractivity contribution in [2.45, 2.75) is 68.6 Å². The predicted octanol–water partition coefficient (Wildman–Crippen LogP) is 9.06. The maximum Gasteiger partial charge on any atom is 0.330 e. The first kappa shape index (κ1) is 25.5. The zero-order valence-corrected chi connectivity index (χ0v) is 26.2. The van der Waals surface area contributed by atoms with Crippen molar-refractivity contribution in [3.05, 3.63) is 95.1 Å². The predicted molar refractivity (Wildman–Crippen MR) is 181 cm³/mol. The molecular weight excluding hydrogens is 513 g/mol. The smallest absolute Gasteiger partial charge is 0.330 e. The van der Waals surface area contributed by atoms with Crippen LogP contribution in [0, 0.1) is 12.3 Å². The standard InChI is InChI=1S/C38H40BNS/c1-25-23-26-19-20-28-30(38(4)22-10-9-21-37(38,2)3)14-12-15-31(28)39-35(26)29(24-25)27-13-11-18-34-36(27)40(39)32-16-7-8-17-33(32)41(34,5)6/h7-8,11-20,23-24H,9-10,21-22H2,1-6H3. The lowest BCUT2D eigenvalue weighted by Gasteiger charge is -2.51. The summed E-state index contributed by atoms with van der Waals surface area (Å²) < 4.78 is 0. The molecule has 1 atom stereocenters. The van der Waals surface area contributed by atoms with E-state index in [2.05, 4.69) is 130 Å². The highest BCUT2D eigenvalue weighted by Crippen LogP contribution is 2.68. The van der Waals surface area contributed by atoms with Crippen LogP contribution in [0.25, 0.3) is 23.3 Å². The third-order valence-corrected chi connectivity index (χ3v) is 14.2. The summed E-state index contributed by atoms with van der Waals surface area (Å²) in [5, 5.41) is 0. The normalized spacial score (nSPS) is 23.1. The first-order valence-corrected chi connectivity index (χ1v) is 17.8. The van der Waals surface area contributed by atoms with E-state index in [0.717, 1.165) is 0 Å². The molecule has 4 aliphatic rings. The Bertz CT molecular complexity index is 1800. The maximum absolute atomic E-state index is 2.74. The molecule has 0 bridgehead atoms. The number of nitrogens with zero attached hydrogens (tertiary/aromatic N) is 1. The molecule has 1 fully saturated rings. The maximum atomic E-state index is 2.74. The van der Waals surface area contributed by atoms with Gasteiger partial charge >= 0.3 is 6.85 Å². The van der Waals surface area contributed by atoms with Gasteiger partial charge in [0.25, 0.3) is 0 Å². The molecule has 4 aromatic carbocycles. The minimum absolute atomic E-state index is 0.131. The van der Waals surface area contributed by atoms with Gasteiger partial charge in [-0.15, -0.1) is 0 Å². The van der Waals surface area contributed by atoms with Gasteiger partial charge in [-0.3, -0.25) is 0 Å². The molecule has 41 heavy (non-hydrogen) atoms. The summed E-state index contributed by atoms with van der Waals surface area (Å²) in [6, 6.07) is 28.5. The van der Waals surface area contributed by atoms with Gasteiger partial charge in [0.15, 0.2) is 0 Å². The second kappa shape index (κ2) is 8.45. The molecule has 0 saturated heterocycles. The largest absolute Gasteiger partial charge is 0.375 e. The zero-order chi connectivity index (χ0) is 28.3. The highest BCUT2D eigenvalue weighted by Gasteiger charge is 2.49. The lowest BCUT2D eigenvalue weighted by molar-refractivity contribution is 0.109. The molecule has 1 saturated carbocycles. The minimum Gasteiger partial charge on any atom is -0.375 e. The lowest BCUT2D eigenvalue weighted by atomic mass is 9.43. The molecule has 0 N–H and O–H groups in total. The lowest BCUT2D eigenvalue weighted by Crippen LogP contribution is -2.60. The molecule has 8 rings (SSSR count). The summed E-state index contributed by atoms with van der Waals surface area (Å²) in [5.41, 5.74) is 14.6. The molecule has 0 amide bonds. The van der Waals surface area contributed by atoms with Crippen molar-refractivity contribution in [1.29, 1.82) is 0 Å². The van der Waals surface area contributed by atoms with Crippen LogP contribution in [-0.2, 0) is 5.41 Å². The summed E-state index contributed by atoms with van der Waals surface area (Å²) in [7, 11) is -1.16. The highest BCUT2D eigenvalue weighted by atomic mass is 32.3. The first-order chi connectivity index (χ1) is 19.6. The van der Waals surface area contributed by atoms with Crippen molar-refractivity contribution in [3.63, 3.8) is 0 Å². The van der Waals surface area contributed by atoms with Crippen LogP contribution in [0.2, 0.25) is 0 Å². The summed E-state index contributed by atoms with van der Waals surface area (Å²) in [4.78, 5) is 5.75. The van der Waals surface area contributed by atoms with Crippen molar-refractivity contribution in [1.82, 2.24) is 0 Å². The quantitative estimate of drug-likeness (QED) is 0.213. The monoisotopic (exact) mass is 553 g/mol. The third-order valence-electron chi connectivity index (χ3n) is 11.3. The van der Waals surface area contributed by atoms with Crippen molar-refractivity contribution >= 4 is 51.3 Å². The Hall–Kier alpha value is -3.17. The van der Waals surface area contributed by atoms with Gasteiger partial charge in [0.1, 0.15) is 0 Å². The average molecular weight is 554 g/mol. The number of rotatable bonds is 1. The summed E-state index contributed by atoms with van der Waals surface area (Å²) >= 11 is 0. The van der Waals surface area contributed by atoms with Gasteiger partial charge in [-0.1, -0.05) is 100 Å². The van der Waals surface area contributed by atoms with E-state index in [-0.39, 0.29) is 17.7 Å². The van der Waals surface area contributed by atoms with Gasteiger partial charge in [-0.2, -0.15) is 10.0 Å². The highest BCUT2D eigenvalue weighted by molar-refractivity contribution is 8.33. The van der Waals surface area contributed by atoms with E-state index in [4.69, 9.17) is 0 Å². The van der Waals surface area contributed by atoms with Gasteiger partial charge in [-0.25, -0.2) is 0 Å². The number of aryl methyl sites for hydroxylation is 1. The molecule has 0 spiro atoms.